The molecule has 0 saturated carbocycles. The van der Waals surface area contributed by atoms with Crippen LogP contribution in [0, 0.1) is 0 Å². The van der Waals surface area contributed by atoms with Crippen LogP contribution in [0.5, 0.6) is 0 Å². The normalized spacial score (nSPS) is 10.4. The lowest BCUT2D eigenvalue weighted by Crippen LogP contribution is -2.28. The molecule has 3 aromatic heterocycles. The number of anilines is 1. The fraction of sp³-hybridized carbons (Fsp3) is 0.143. The molecular formula is C14H14N6OS. The van der Waals surface area contributed by atoms with E-state index in [2.05, 4.69) is 25.9 Å². The number of nitrogens with zero attached hydrogens (tertiary/aromatic N) is 4. The fourth-order valence-corrected chi connectivity index (χ4v) is 2.45. The van der Waals surface area contributed by atoms with Crippen LogP contribution in [-0.4, -0.2) is 39.0 Å². The SMILES string of the molecule is O=C(NCCNc1ccc(-n2cccn2)nn1)c1cccs1. The van der Waals surface area contributed by atoms with E-state index in [1.54, 1.807) is 23.1 Å². The van der Waals surface area contributed by atoms with E-state index in [4.69, 9.17) is 0 Å². The zero-order valence-corrected chi connectivity index (χ0v) is 12.5. The Morgan fingerprint density at radius 1 is 1.18 bits per heavy atom. The minimum atomic E-state index is -0.0584. The number of carbonyl (C=O) groups is 1. The summed E-state index contributed by atoms with van der Waals surface area (Å²) < 4.78 is 1.64. The highest BCUT2D eigenvalue weighted by atomic mass is 32.1. The maximum Gasteiger partial charge on any atom is 0.261 e. The van der Waals surface area contributed by atoms with Crippen LogP contribution < -0.4 is 10.6 Å². The molecule has 0 saturated heterocycles. The molecule has 0 aliphatic carbocycles. The predicted octanol–water partition coefficient (Wildman–Crippen LogP) is 1.57. The van der Waals surface area contributed by atoms with Crippen LogP contribution in [0.15, 0.2) is 48.1 Å². The number of hydrogen-bond donors (Lipinski definition) is 2. The summed E-state index contributed by atoms with van der Waals surface area (Å²) in [6, 6.07) is 9.13. The van der Waals surface area contributed by atoms with E-state index in [1.165, 1.54) is 11.3 Å². The maximum absolute atomic E-state index is 11.7. The summed E-state index contributed by atoms with van der Waals surface area (Å²) >= 11 is 1.42. The van der Waals surface area contributed by atoms with Crippen molar-refractivity contribution in [2.45, 2.75) is 0 Å². The van der Waals surface area contributed by atoms with Gasteiger partial charge in [0.15, 0.2) is 5.82 Å². The summed E-state index contributed by atoms with van der Waals surface area (Å²) in [7, 11) is 0. The Kier molecular flexibility index (Phi) is 4.40. The van der Waals surface area contributed by atoms with E-state index in [9.17, 15) is 4.79 Å². The van der Waals surface area contributed by atoms with Gasteiger partial charge in [0, 0.05) is 25.5 Å². The van der Waals surface area contributed by atoms with Crippen molar-refractivity contribution in [2.75, 3.05) is 18.4 Å². The first kappa shape index (κ1) is 14.2. The number of hydrogen-bond acceptors (Lipinski definition) is 6. The molecule has 0 aliphatic heterocycles. The Morgan fingerprint density at radius 2 is 2.14 bits per heavy atom. The first-order valence-electron chi connectivity index (χ1n) is 6.72. The molecule has 1 amide bonds. The fourth-order valence-electron chi connectivity index (χ4n) is 1.81. The second-order valence-corrected chi connectivity index (χ2v) is 5.34. The molecule has 0 aliphatic rings. The van der Waals surface area contributed by atoms with Crippen molar-refractivity contribution >= 4 is 23.1 Å². The summed E-state index contributed by atoms with van der Waals surface area (Å²) in [6.07, 6.45) is 3.49. The first-order valence-corrected chi connectivity index (χ1v) is 7.60. The Balaban J connectivity index is 1.45. The monoisotopic (exact) mass is 314 g/mol. The highest BCUT2D eigenvalue weighted by Gasteiger charge is 2.05. The van der Waals surface area contributed by atoms with Gasteiger partial charge in [0.1, 0.15) is 5.82 Å². The van der Waals surface area contributed by atoms with Crippen LogP contribution in [-0.2, 0) is 0 Å². The van der Waals surface area contributed by atoms with Gasteiger partial charge in [-0.3, -0.25) is 4.79 Å². The van der Waals surface area contributed by atoms with E-state index >= 15 is 0 Å². The molecule has 22 heavy (non-hydrogen) atoms. The third kappa shape index (κ3) is 3.47. The van der Waals surface area contributed by atoms with Crippen LogP contribution >= 0.6 is 11.3 Å². The lowest BCUT2D eigenvalue weighted by Gasteiger charge is -2.06. The largest absolute Gasteiger partial charge is 0.367 e. The Labute approximate surface area is 131 Å². The van der Waals surface area contributed by atoms with Crippen LogP contribution in [0.1, 0.15) is 9.67 Å². The third-order valence-electron chi connectivity index (χ3n) is 2.85. The van der Waals surface area contributed by atoms with Gasteiger partial charge < -0.3 is 10.6 Å². The van der Waals surface area contributed by atoms with E-state index in [0.29, 0.717) is 29.6 Å². The van der Waals surface area contributed by atoms with Gasteiger partial charge in [0.2, 0.25) is 0 Å². The second-order valence-electron chi connectivity index (χ2n) is 4.39. The highest BCUT2D eigenvalue weighted by molar-refractivity contribution is 7.12. The van der Waals surface area contributed by atoms with Crippen LogP contribution in [0.2, 0.25) is 0 Å². The number of nitrogens with one attached hydrogen (secondary N) is 2. The Morgan fingerprint density at radius 3 is 2.82 bits per heavy atom. The maximum atomic E-state index is 11.7. The minimum absolute atomic E-state index is 0.0584. The summed E-state index contributed by atoms with van der Waals surface area (Å²) in [5, 5.41) is 20.0. The van der Waals surface area contributed by atoms with Crippen molar-refractivity contribution in [3.8, 4) is 5.82 Å². The van der Waals surface area contributed by atoms with Gasteiger partial charge in [-0.15, -0.1) is 21.5 Å². The van der Waals surface area contributed by atoms with E-state index in [1.807, 2.05) is 29.6 Å². The molecule has 0 aromatic carbocycles. The molecule has 0 fully saturated rings. The number of thiophene rings is 1. The Hall–Kier alpha value is -2.74. The molecule has 0 radical (unpaired) electrons. The van der Waals surface area contributed by atoms with Crippen molar-refractivity contribution in [3.05, 3.63) is 53.0 Å². The van der Waals surface area contributed by atoms with Crippen LogP contribution in [0.25, 0.3) is 5.82 Å². The molecule has 0 atom stereocenters. The summed E-state index contributed by atoms with van der Waals surface area (Å²) in [5.74, 6) is 1.25. The smallest absolute Gasteiger partial charge is 0.261 e. The zero-order valence-electron chi connectivity index (χ0n) is 11.6. The molecule has 3 rings (SSSR count). The topological polar surface area (TPSA) is 84.7 Å². The molecule has 2 N–H and O–H groups in total. The summed E-state index contributed by atoms with van der Waals surface area (Å²) in [6.45, 7) is 1.09. The number of amides is 1. The molecule has 3 aromatic rings. The predicted molar refractivity (Wildman–Crippen MR) is 84.3 cm³/mol. The second kappa shape index (κ2) is 6.81. The molecule has 8 heteroatoms. The number of carbonyl (C=O) groups excluding carboxylic acids is 1. The van der Waals surface area contributed by atoms with Gasteiger partial charge in [-0.2, -0.15) is 5.10 Å². The number of rotatable bonds is 6. The molecule has 7 nitrogen and oxygen atoms in total. The van der Waals surface area contributed by atoms with E-state index in [-0.39, 0.29) is 5.91 Å². The molecule has 0 spiro atoms. The minimum Gasteiger partial charge on any atom is -0.367 e. The molecule has 3 heterocycles. The van der Waals surface area contributed by atoms with Gasteiger partial charge >= 0.3 is 0 Å². The third-order valence-corrected chi connectivity index (χ3v) is 3.72. The van der Waals surface area contributed by atoms with Crippen molar-refractivity contribution in [3.63, 3.8) is 0 Å². The first-order chi connectivity index (χ1) is 10.8. The summed E-state index contributed by atoms with van der Waals surface area (Å²) in [5.41, 5.74) is 0. The molecular weight excluding hydrogens is 300 g/mol. The van der Waals surface area contributed by atoms with Gasteiger partial charge in [0.25, 0.3) is 5.91 Å². The van der Waals surface area contributed by atoms with Gasteiger partial charge in [-0.25, -0.2) is 4.68 Å². The van der Waals surface area contributed by atoms with E-state index in [0.717, 1.165) is 0 Å². The van der Waals surface area contributed by atoms with Crippen LogP contribution in [0.3, 0.4) is 0 Å². The lowest BCUT2D eigenvalue weighted by molar-refractivity contribution is 0.0959. The highest BCUT2D eigenvalue weighted by Crippen LogP contribution is 2.07. The average Bonchev–Trinajstić information content (AvgIpc) is 3.25. The Bertz CT molecular complexity index is 708. The van der Waals surface area contributed by atoms with Gasteiger partial charge in [-0.05, 0) is 29.6 Å². The standard InChI is InChI=1S/C14H14N6OS/c21-14(11-3-1-10-22-11)16-8-7-15-12-4-5-13(19-18-12)20-9-2-6-17-20/h1-6,9-10H,7-8H2,(H,15,18)(H,16,21). The van der Waals surface area contributed by atoms with Gasteiger partial charge in [-0.1, -0.05) is 6.07 Å². The molecule has 112 valence electrons. The van der Waals surface area contributed by atoms with Crippen molar-refractivity contribution in [2.24, 2.45) is 0 Å². The lowest BCUT2D eigenvalue weighted by atomic mass is 10.4. The molecule has 0 bridgehead atoms. The quantitative estimate of drug-likeness (QED) is 0.675. The van der Waals surface area contributed by atoms with Crippen LogP contribution in [0.4, 0.5) is 5.82 Å². The van der Waals surface area contributed by atoms with E-state index < -0.39 is 0 Å². The average molecular weight is 314 g/mol. The number of aromatic nitrogens is 4. The summed E-state index contributed by atoms with van der Waals surface area (Å²) in [4.78, 5) is 12.4. The van der Waals surface area contributed by atoms with Crippen molar-refractivity contribution < 1.29 is 4.79 Å². The van der Waals surface area contributed by atoms with Crippen molar-refractivity contribution in [1.29, 1.82) is 0 Å². The zero-order chi connectivity index (χ0) is 15.2. The van der Waals surface area contributed by atoms with Crippen molar-refractivity contribution in [1.82, 2.24) is 25.3 Å². The molecule has 0 unspecified atom stereocenters. The van der Waals surface area contributed by atoms with Gasteiger partial charge in [0.05, 0.1) is 4.88 Å².